The third-order valence-corrected chi connectivity index (χ3v) is 5.02. The zero-order valence-corrected chi connectivity index (χ0v) is 15.9. The summed E-state index contributed by atoms with van der Waals surface area (Å²) in [6.45, 7) is 4.75. The highest BCUT2D eigenvalue weighted by molar-refractivity contribution is 5.77. The van der Waals surface area contributed by atoms with E-state index in [4.69, 9.17) is 4.74 Å². The van der Waals surface area contributed by atoms with Gasteiger partial charge in [-0.3, -0.25) is 4.79 Å². The highest BCUT2D eigenvalue weighted by Gasteiger charge is 2.18. The lowest BCUT2D eigenvalue weighted by Crippen LogP contribution is -2.34. The number of amides is 1. The fourth-order valence-electron chi connectivity index (χ4n) is 3.30. The third-order valence-electron chi connectivity index (χ3n) is 5.02. The molecule has 3 rings (SSSR count). The van der Waals surface area contributed by atoms with Crippen LogP contribution in [0.4, 0.5) is 5.69 Å². The normalized spacial score (nSPS) is 14.8. The van der Waals surface area contributed by atoms with Gasteiger partial charge < -0.3 is 20.1 Å². The second kappa shape index (κ2) is 9.42. The van der Waals surface area contributed by atoms with Gasteiger partial charge in [-0.1, -0.05) is 24.3 Å². The first-order chi connectivity index (χ1) is 13.1. The molecular formula is C22H28N2O3. The van der Waals surface area contributed by atoms with E-state index < -0.39 is 0 Å². The van der Waals surface area contributed by atoms with E-state index in [9.17, 15) is 9.90 Å². The fraction of sp³-hybridized carbons (Fsp3) is 0.409. The Balaban J connectivity index is 1.42. The predicted octanol–water partition coefficient (Wildman–Crippen LogP) is 2.90. The van der Waals surface area contributed by atoms with Crippen LogP contribution in [0.1, 0.15) is 24.0 Å². The molecule has 1 aliphatic heterocycles. The SMILES string of the molecule is Cc1cccc(OCC(=O)NCc2ccc(N3CCC(CO)CC3)cc2)c1. The molecule has 1 amide bonds. The Morgan fingerprint density at radius 3 is 2.59 bits per heavy atom. The molecule has 0 atom stereocenters. The Labute approximate surface area is 161 Å². The van der Waals surface area contributed by atoms with Crippen LogP contribution in [0.2, 0.25) is 0 Å². The van der Waals surface area contributed by atoms with Crippen LogP contribution in [-0.4, -0.2) is 37.3 Å². The Morgan fingerprint density at radius 1 is 1.19 bits per heavy atom. The smallest absolute Gasteiger partial charge is 0.258 e. The zero-order valence-electron chi connectivity index (χ0n) is 15.9. The van der Waals surface area contributed by atoms with Crippen molar-refractivity contribution in [3.63, 3.8) is 0 Å². The number of aliphatic hydroxyl groups is 1. The minimum Gasteiger partial charge on any atom is -0.484 e. The molecule has 0 aromatic heterocycles. The first kappa shape index (κ1) is 19.2. The topological polar surface area (TPSA) is 61.8 Å². The van der Waals surface area contributed by atoms with E-state index in [2.05, 4.69) is 34.5 Å². The van der Waals surface area contributed by atoms with E-state index in [1.54, 1.807) is 0 Å². The number of ether oxygens (including phenoxy) is 1. The van der Waals surface area contributed by atoms with Gasteiger partial charge in [-0.25, -0.2) is 0 Å². The van der Waals surface area contributed by atoms with Crippen LogP contribution in [0.5, 0.6) is 5.75 Å². The summed E-state index contributed by atoms with van der Waals surface area (Å²) in [4.78, 5) is 14.3. The van der Waals surface area contributed by atoms with Crippen molar-refractivity contribution in [3.05, 3.63) is 59.7 Å². The van der Waals surface area contributed by atoms with Gasteiger partial charge >= 0.3 is 0 Å². The summed E-state index contributed by atoms with van der Waals surface area (Å²) in [5.41, 5.74) is 3.37. The highest BCUT2D eigenvalue weighted by atomic mass is 16.5. The Morgan fingerprint density at radius 2 is 1.93 bits per heavy atom. The van der Waals surface area contributed by atoms with E-state index in [1.165, 1.54) is 5.69 Å². The molecule has 2 aromatic carbocycles. The van der Waals surface area contributed by atoms with Crippen LogP contribution in [0.25, 0.3) is 0 Å². The van der Waals surface area contributed by atoms with Gasteiger partial charge in [0.25, 0.3) is 5.91 Å². The number of benzene rings is 2. The molecule has 0 unspecified atom stereocenters. The minimum atomic E-state index is -0.133. The molecule has 1 heterocycles. The zero-order chi connectivity index (χ0) is 19.1. The minimum absolute atomic E-state index is 0.0152. The molecule has 0 bridgehead atoms. The second-order valence-electron chi connectivity index (χ2n) is 7.16. The van der Waals surface area contributed by atoms with E-state index in [0.717, 1.165) is 37.1 Å². The van der Waals surface area contributed by atoms with Gasteiger partial charge in [-0.05, 0) is 61.1 Å². The number of aryl methyl sites for hydroxylation is 1. The molecule has 27 heavy (non-hydrogen) atoms. The second-order valence-corrected chi connectivity index (χ2v) is 7.16. The van der Waals surface area contributed by atoms with Gasteiger partial charge in [-0.2, -0.15) is 0 Å². The van der Waals surface area contributed by atoms with Gasteiger partial charge in [-0.15, -0.1) is 0 Å². The molecule has 5 heteroatoms. The van der Waals surface area contributed by atoms with Crippen molar-refractivity contribution in [2.45, 2.75) is 26.3 Å². The molecule has 2 N–H and O–H groups in total. The molecule has 5 nitrogen and oxygen atoms in total. The Kier molecular flexibility index (Phi) is 6.71. The lowest BCUT2D eigenvalue weighted by atomic mass is 9.97. The maximum absolute atomic E-state index is 12.0. The first-order valence-corrected chi connectivity index (χ1v) is 9.55. The fourth-order valence-corrected chi connectivity index (χ4v) is 3.30. The number of anilines is 1. The summed E-state index contributed by atoms with van der Waals surface area (Å²) in [6, 6.07) is 16.0. The number of carbonyl (C=O) groups excluding carboxylic acids is 1. The lowest BCUT2D eigenvalue weighted by molar-refractivity contribution is -0.123. The van der Waals surface area contributed by atoms with E-state index in [0.29, 0.717) is 24.8 Å². The number of rotatable bonds is 7. The monoisotopic (exact) mass is 368 g/mol. The van der Waals surface area contributed by atoms with Crippen molar-refractivity contribution >= 4 is 11.6 Å². The average Bonchev–Trinajstić information content (AvgIpc) is 2.71. The maximum Gasteiger partial charge on any atom is 0.258 e. The molecule has 0 aliphatic carbocycles. The molecule has 1 fully saturated rings. The number of nitrogens with zero attached hydrogens (tertiary/aromatic N) is 1. The van der Waals surface area contributed by atoms with Crippen molar-refractivity contribution in [3.8, 4) is 5.75 Å². The van der Waals surface area contributed by atoms with Gasteiger partial charge in [0.2, 0.25) is 0 Å². The first-order valence-electron chi connectivity index (χ1n) is 9.55. The van der Waals surface area contributed by atoms with Crippen molar-refractivity contribution in [1.29, 1.82) is 0 Å². The van der Waals surface area contributed by atoms with Crippen molar-refractivity contribution < 1.29 is 14.6 Å². The van der Waals surface area contributed by atoms with Crippen LogP contribution in [0.15, 0.2) is 48.5 Å². The molecule has 0 saturated carbocycles. The molecule has 144 valence electrons. The van der Waals surface area contributed by atoms with Crippen molar-refractivity contribution in [2.75, 3.05) is 31.2 Å². The van der Waals surface area contributed by atoms with Gasteiger partial charge in [0.05, 0.1) is 0 Å². The Hall–Kier alpha value is -2.53. The van der Waals surface area contributed by atoms with E-state index in [-0.39, 0.29) is 12.5 Å². The van der Waals surface area contributed by atoms with Gasteiger partial charge in [0.15, 0.2) is 6.61 Å². The van der Waals surface area contributed by atoms with E-state index >= 15 is 0 Å². The third kappa shape index (κ3) is 5.73. The number of carbonyl (C=O) groups is 1. The van der Waals surface area contributed by atoms with Crippen molar-refractivity contribution in [1.82, 2.24) is 5.32 Å². The number of hydrogen-bond acceptors (Lipinski definition) is 4. The summed E-state index contributed by atoms with van der Waals surface area (Å²) in [6.07, 6.45) is 2.07. The van der Waals surface area contributed by atoms with Crippen LogP contribution in [0.3, 0.4) is 0 Å². The van der Waals surface area contributed by atoms with Gasteiger partial charge in [0.1, 0.15) is 5.75 Å². The van der Waals surface area contributed by atoms with Gasteiger partial charge in [0, 0.05) is 31.9 Å². The van der Waals surface area contributed by atoms with Crippen LogP contribution in [0, 0.1) is 12.8 Å². The summed E-state index contributed by atoms with van der Waals surface area (Å²) in [7, 11) is 0. The lowest BCUT2D eigenvalue weighted by Gasteiger charge is -2.33. The van der Waals surface area contributed by atoms with Crippen LogP contribution >= 0.6 is 0 Å². The number of hydrogen-bond donors (Lipinski definition) is 2. The highest BCUT2D eigenvalue weighted by Crippen LogP contribution is 2.23. The molecular weight excluding hydrogens is 340 g/mol. The standard InChI is InChI=1S/C22H28N2O3/c1-17-3-2-4-21(13-17)27-16-22(26)23-14-18-5-7-20(8-6-18)24-11-9-19(15-25)10-12-24/h2-8,13,19,25H,9-12,14-16H2,1H3,(H,23,26). The maximum atomic E-state index is 12.0. The average molecular weight is 368 g/mol. The molecule has 2 aromatic rings. The summed E-state index contributed by atoms with van der Waals surface area (Å²) >= 11 is 0. The number of nitrogens with one attached hydrogen (secondary N) is 1. The quantitative estimate of drug-likeness (QED) is 0.789. The van der Waals surface area contributed by atoms with Crippen LogP contribution < -0.4 is 15.0 Å². The molecule has 0 radical (unpaired) electrons. The van der Waals surface area contributed by atoms with Crippen molar-refractivity contribution in [2.24, 2.45) is 5.92 Å². The Bertz CT molecular complexity index is 737. The number of piperidine rings is 1. The largest absolute Gasteiger partial charge is 0.484 e. The summed E-state index contributed by atoms with van der Waals surface area (Å²) in [5, 5.41) is 12.1. The molecule has 0 spiro atoms. The van der Waals surface area contributed by atoms with E-state index in [1.807, 2.05) is 31.2 Å². The predicted molar refractivity (Wildman–Crippen MR) is 107 cm³/mol. The molecule has 1 saturated heterocycles. The molecule has 1 aliphatic rings. The summed E-state index contributed by atoms with van der Waals surface area (Å²) in [5.74, 6) is 1.02. The summed E-state index contributed by atoms with van der Waals surface area (Å²) < 4.78 is 5.52. The number of aliphatic hydroxyl groups excluding tert-OH is 1. The van der Waals surface area contributed by atoms with Crippen LogP contribution in [-0.2, 0) is 11.3 Å².